The average Bonchev–Trinajstić information content (AvgIpc) is 2.68. The summed E-state index contributed by atoms with van der Waals surface area (Å²) in [7, 11) is 0. The van der Waals surface area contributed by atoms with E-state index in [0.717, 1.165) is 45.7 Å². The zero-order chi connectivity index (χ0) is 13.7. The summed E-state index contributed by atoms with van der Waals surface area (Å²) in [6.07, 6.45) is 4.50. The number of β-amino-alcohol motifs (C(OH)–C–C–N with tert-alkyl or cyclic N) is 1. The number of aliphatic hydroxyl groups excluding tert-OH is 1. The van der Waals surface area contributed by atoms with Crippen molar-refractivity contribution in [1.29, 1.82) is 0 Å². The van der Waals surface area contributed by atoms with Gasteiger partial charge in [0.2, 0.25) is 5.91 Å². The van der Waals surface area contributed by atoms with Crippen molar-refractivity contribution in [3.63, 3.8) is 0 Å². The molecule has 19 heavy (non-hydrogen) atoms. The first-order chi connectivity index (χ1) is 9.16. The molecule has 1 amide bonds. The van der Waals surface area contributed by atoms with Gasteiger partial charge >= 0.3 is 0 Å². The number of amides is 1. The summed E-state index contributed by atoms with van der Waals surface area (Å²) in [5.74, 6) is 0.158. The van der Waals surface area contributed by atoms with Gasteiger partial charge in [0.15, 0.2) is 0 Å². The van der Waals surface area contributed by atoms with Crippen LogP contribution in [-0.4, -0.2) is 72.2 Å². The maximum absolute atomic E-state index is 11.3. The van der Waals surface area contributed by atoms with E-state index >= 15 is 0 Å². The van der Waals surface area contributed by atoms with Crippen molar-refractivity contribution in [1.82, 2.24) is 15.1 Å². The summed E-state index contributed by atoms with van der Waals surface area (Å²) in [6.45, 7) is 6.72. The van der Waals surface area contributed by atoms with Crippen molar-refractivity contribution in [3.05, 3.63) is 0 Å². The van der Waals surface area contributed by atoms with Crippen molar-refractivity contribution >= 4 is 5.91 Å². The normalized spacial score (nSPS) is 27.9. The SMILES string of the molecule is CC(=O)N1CCN(CC(O)C2CCCCCN2)CC1. The molecule has 2 N–H and O–H groups in total. The highest BCUT2D eigenvalue weighted by Gasteiger charge is 2.25. The molecule has 0 spiro atoms. The highest BCUT2D eigenvalue weighted by atomic mass is 16.3. The highest BCUT2D eigenvalue weighted by molar-refractivity contribution is 5.73. The van der Waals surface area contributed by atoms with E-state index in [-0.39, 0.29) is 18.1 Å². The molecule has 2 aliphatic rings. The van der Waals surface area contributed by atoms with E-state index in [0.29, 0.717) is 0 Å². The van der Waals surface area contributed by atoms with Crippen LogP contribution in [0.4, 0.5) is 0 Å². The molecule has 0 radical (unpaired) electrons. The van der Waals surface area contributed by atoms with Crippen molar-refractivity contribution < 1.29 is 9.90 Å². The predicted molar refractivity (Wildman–Crippen MR) is 75.0 cm³/mol. The second kappa shape index (κ2) is 7.22. The van der Waals surface area contributed by atoms with Crippen molar-refractivity contribution in [3.8, 4) is 0 Å². The lowest BCUT2D eigenvalue weighted by atomic mass is 10.0. The minimum absolute atomic E-state index is 0.158. The molecule has 0 aliphatic carbocycles. The van der Waals surface area contributed by atoms with E-state index in [2.05, 4.69) is 10.2 Å². The van der Waals surface area contributed by atoms with E-state index in [4.69, 9.17) is 0 Å². The molecule has 2 saturated heterocycles. The molecule has 2 aliphatic heterocycles. The Morgan fingerprint density at radius 1 is 1.26 bits per heavy atom. The topological polar surface area (TPSA) is 55.8 Å². The van der Waals surface area contributed by atoms with E-state index < -0.39 is 0 Å². The summed E-state index contributed by atoms with van der Waals surface area (Å²) >= 11 is 0. The fourth-order valence-corrected chi connectivity index (χ4v) is 3.02. The van der Waals surface area contributed by atoms with Gasteiger partial charge in [-0.25, -0.2) is 0 Å². The lowest BCUT2D eigenvalue weighted by Gasteiger charge is -2.36. The van der Waals surface area contributed by atoms with Crippen molar-refractivity contribution in [2.24, 2.45) is 0 Å². The Kier molecular flexibility index (Phi) is 5.60. The number of piperazine rings is 1. The molecule has 2 unspecified atom stereocenters. The van der Waals surface area contributed by atoms with Crippen LogP contribution in [0, 0.1) is 0 Å². The number of nitrogens with one attached hydrogen (secondary N) is 1. The second-order valence-corrected chi connectivity index (χ2v) is 5.78. The Labute approximate surface area is 115 Å². The molecule has 2 atom stereocenters. The van der Waals surface area contributed by atoms with Crippen LogP contribution in [0.25, 0.3) is 0 Å². The second-order valence-electron chi connectivity index (χ2n) is 5.78. The van der Waals surface area contributed by atoms with E-state index in [9.17, 15) is 9.90 Å². The summed E-state index contributed by atoms with van der Waals surface area (Å²) in [5, 5.41) is 13.8. The Morgan fingerprint density at radius 2 is 2.00 bits per heavy atom. The molecule has 0 saturated carbocycles. The first-order valence-corrected chi connectivity index (χ1v) is 7.56. The number of carbonyl (C=O) groups is 1. The molecule has 110 valence electrons. The summed E-state index contributed by atoms with van der Waals surface area (Å²) in [5.41, 5.74) is 0. The minimum atomic E-state index is -0.290. The fraction of sp³-hybridized carbons (Fsp3) is 0.929. The van der Waals surface area contributed by atoms with Gasteiger partial charge in [0.25, 0.3) is 0 Å². The standard InChI is InChI=1S/C14H27N3O2/c1-12(18)17-9-7-16(8-10-17)11-14(19)13-5-3-2-4-6-15-13/h13-15,19H,2-11H2,1H3. The number of carbonyl (C=O) groups excluding carboxylic acids is 1. The Balaban J connectivity index is 1.73. The van der Waals surface area contributed by atoms with Crippen LogP contribution in [-0.2, 0) is 4.79 Å². The average molecular weight is 269 g/mol. The maximum Gasteiger partial charge on any atom is 0.219 e. The number of nitrogens with zero attached hydrogens (tertiary/aromatic N) is 2. The molecule has 0 aromatic carbocycles. The third kappa shape index (κ3) is 4.44. The van der Waals surface area contributed by atoms with Gasteiger partial charge in [-0.2, -0.15) is 0 Å². The Morgan fingerprint density at radius 3 is 2.68 bits per heavy atom. The van der Waals surface area contributed by atoms with Gasteiger partial charge < -0.3 is 15.3 Å². The summed E-state index contributed by atoms with van der Waals surface area (Å²) < 4.78 is 0. The molecule has 2 rings (SSSR count). The number of hydrogen-bond acceptors (Lipinski definition) is 4. The van der Waals surface area contributed by atoms with Crippen LogP contribution < -0.4 is 5.32 Å². The van der Waals surface area contributed by atoms with E-state index in [1.807, 2.05) is 4.90 Å². The zero-order valence-electron chi connectivity index (χ0n) is 12.0. The Hall–Kier alpha value is -0.650. The monoisotopic (exact) mass is 269 g/mol. The maximum atomic E-state index is 11.3. The van der Waals surface area contributed by atoms with Crippen LogP contribution in [0.5, 0.6) is 0 Å². The van der Waals surface area contributed by atoms with Gasteiger partial charge in [-0.05, 0) is 19.4 Å². The largest absolute Gasteiger partial charge is 0.390 e. The van der Waals surface area contributed by atoms with Crippen LogP contribution in [0.1, 0.15) is 32.6 Å². The quantitative estimate of drug-likeness (QED) is 0.760. The van der Waals surface area contributed by atoms with Gasteiger partial charge in [0, 0.05) is 45.7 Å². The zero-order valence-corrected chi connectivity index (χ0v) is 12.0. The van der Waals surface area contributed by atoms with E-state index in [1.165, 1.54) is 19.3 Å². The summed E-state index contributed by atoms with van der Waals surface area (Å²) in [4.78, 5) is 15.4. The van der Waals surface area contributed by atoms with Crippen LogP contribution >= 0.6 is 0 Å². The van der Waals surface area contributed by atoms with E-state index in [1.54, 1.807) is 6.92 Å². The van der Waals surface area contributed by atoms with Gasteiger partial charge in [0.1, 0.15) is 0 Å². The first kappa shape index (κ1) is 14.8. The smallest absolute Gasteiger partial charge is 0.219 e. The van der Waals surface area contributed by atoms with Gasteiger partial charge in [-0.15, -0.1) is 0 Å². The molecule has 5 heteroatoms. The molecular weight excluding hydrogens is 242 g/mol. The molecule has 2 fully saturated rings. The van der Waals surface area contributed by atoms with Crippen molar-refractivity contribution in [2.45, 2.75) is 44.8 Å². The number of aliphatic hydroxyl groups is 1. The third-order valence-electron chi connectivity index (χ3n) is 4.33. The van der Waals surface area contributed by atoms with Crippen LogP contribution in [0.15, 0.2) is 0 Å². The van der Waals surface area contributed by atoms with Crippen LogP contribution in [0.2, 0.25) is 0 Å². The molecule has 5 nitrogen and oxygen atoms in total. The van der Waals surface area contributed by atoms with Gasteiger partial charge in [-0.1, -0.05) is 12.8 Å². The lowest BCUT2D eigenvalue weighted by Crippen LogP contribution is -2.52. The number of rotatable bonds is 3. The third-order valence-corrected chi connectivity index (χ3v) is 4.33. The molecule has 0 aromatic heterocycles. The fourth-order valence-electron chi connectivity index (χ4n) is 3.02. The minimum Gasteiger partial charge on any atom is -0.390 e. The molecule has 0 bridgehead atoms. The lowest BCUT2D eigenvalue weighted by molar-refractivity contribution is -0.130. The highest BCUT2D eigenvalue weighted by Crippen LogP contribution is 2.13. The molecule has 2 heterocycles. The number of hydrogen-bond donors (Lipinski definition) is 2. The molecule has 0 aromatic rings. The van der Waals surface area contributed by atoms with Crippen LogP contribution in [0.3, 0.4) is 0 Å². The van der Waals surface area contributed by atoms with Gasteiger partial charge in [-0.3, -0.25) is 9.69 Å². The summed E-state index contributed by atoms with van der Waals surface area (Å²) in [6, 6.07) is 0.244. The predicted octanol–water partition coefficient (Wildman–Crippen LogP) is 0.0436. The Bertz CT molecular complexity index is 282. The van der Waals surface area contributed by atoms with Gasteiger partial charge in [0.05, 0.1) is 6.10 Å². The van der Waals surface area contributed by atoms with Crippen molar-refractivity contribution in [2.75, 3.05) is 39.3 Å². The first-order valence-electron chi connectivity index (χ1n) is 7.56. The molecular formula is C14H27N3O2.